The van der Waals surface area contributed by atoms with Gasteiger partial charge in [0, 0.05) is 26.7 Å². The Labute approximate surface area is 152 Å². The van der Waals surface area contributed by atoms with Gasteiger partial charge < -0.3 is 5.11 Å². The van der Waals surface area contributed by atoms with Crippen LogP contribution in [-0.2, 0) is 12.0 Å². The lowest BCUT2D eigenvalue weighted by atomic mass is 9.87. The number of benzene rings is 2. The Morgan fingerprint density at radius 3 is 2.75 bits per heavy atom. The molecule has 0 aliphatic carbocycles. The maximum Gasteiger partial charge on any atom is 0.156 e. The van der Waals surface area contributed by atoms with E-state index in [4.69, 9.17) is 0 Å². The van der Waals surface area contributed by atoms with Crippen molar-refractivity contribution < 1.29 is 5.11 Å². The molecule has 4 heteroatoms. The summed E-state index contributed by atoms with van der Waals surface area (Å²) >= 11 is 3.40. The van der Waals surface area contributed by atoms with E-state index < -0.39 is 5.60 Å². The Balaban J connectivity index is 2.13. The maximum absolute atomic E-state index is 11.5. The average molecular weight is 356 g/mol. The van der Waals surface area contributed by atoms with Crippen LogP contribution in [-0.4, -0.2) is 36.9 Å². The van der Waals surface area contributed by atoms with Crippen LogP contribution in [0.2, 0.25) is 0 Å². The summed E-state index contributed by atoms with van der Waals surface area (Å²) in [6, 6.07) is 14.6. The number of nitrogens with zero attached hydrogens (tertiary/aromatic N) is 1. The molecule has 0 radical (unpaired) electrons. The summed E-state index contributed by atoms with van der Waals surface area (Å²) in [7, 11) is 3.97. The van der Waals surface area contributed by atoms with Gasteiger partial charge in [0.2, 0.25) is 0 Å². The molecule has 0 bridgehead atoms. The number of hydrogen-bond acceptors (Lipinski definition) is 4. The number of rotatable bonds is 2. The van der Waals surface area contributed by atoms with Crippen molar-refractivity contribution in [1.29, 1.82) is 0 Å². The van der Waals surface area contributed by atoms with Gasteiger partial charge in [-0.1, -0.05) is 41.8 Å². The average Bonchev–Trinajstić information content (AvgIpc) is 2.68. The van der Waals surface area contributed by atoms with Crippen LogP contribution in [0.25, 0.3) is 0 Å². The summed E-state index contributed by atoms with van der Waals surface area (Å²) in [5.74, 6) is 6.30. The molecule has 1 heterocycles. The van der Waals surface area contributed by atoms with Gasteiger partial charge in [0.15, 0.2) is 5.60 Å². The van der Waals surface area contributed by atoms with Gasteiger partial charge in [-0.3, -0.25) is 4.90 Å². The summed E-state index contributed by atoms with van der Waals surface area (Å²) in [5.41, 5.74) is 0.907. The lowest BCUT2D eigenvalue weighted by molar-refractivity contribution is 0.0974. The molecule has 0 spiro atoms. The van der Waals surface area contributed by atoms with Crippen LogP contribution in [0.15, 0.2) is 57.2 Å². The van der Waals surface area contributed by atoms with Crippen molar-refractivity contribution in [1.82, 2.24) is 4.90 Å². The van der Waals surface area contributed by atoms with E-state index >= 15 is 0 Å². The minimum atomic E-state index is -1.16. The van der Waals surface area contributed by atoms with Crippen LogP contribution in [0.3, 0.4) is 0 Å². The molecule has 0 saturated heterocycles. The molecule has 1 unspecified atom stereocenters. The molecular weight excluding hydrogens is 334 g/mol. The monoisotopic (exact) mass is 355 g/mol. The lowest BCUT2D eigenvalue weighted by Gasteiger charge is -2.24. The third-order valence-corrected chi connectivity index (χ3v) is 5.88. The molecule has 2 aromatic carbocycles. The Morgan fingerprint density at radius 2 is 2.00 bits per heavy atom. The normalized spacial score (nSPS) is 19.0. The van der Waals surface area contributed by atoms with Gasteiger partial charge in [0.1, 0.15) is 0 Å². The fraction of sp³-hybridized carbons (Fsp3) is 0.300. The molecular formula is C20H21NOS2. The molecule has 3 rings (SSSR count). The first-order valence-electron chi connectivity index (χ1n) is 7.83. The number of thioether (sulfide) groups is 1. The Morgan fingerprint density at radius 1 is 1.21 bits per heavy atom. The molecule has 1 N–H and O–H groups in total. The number of hydrogen-bond donors (Lipinski definition) is 1. The highest BCUT2D eigenvalue weighted by molar-refractivity contribution is 7.99. The van der Waals surface area contributed by atoms with E-state index in [-0.39, 0.29) is 0 Å². The van der Waals surface area contributed by atoms with E-state index in [0.29, 0.717) is 13.0 Å². The van der Waals surface area contributed by atoms with E-state index in [2.05, 4.69) is 48.4 Å². The van der Waals surface area contributed by atoms with E-state index in [9.17, 15) is 5.11 Å². The third kappa shape index (κ3) is 3.65. The van der Waals surface area contributed by atoms with Crippen molar-refractivity contribution >= 4 is 23.5 Å². The second-order valence-electron chi connectivity index (χ2n) is 6.15. The largest absolute Gasteiger partial charge is 0.373 e. The van der Waals surface area contributed by atoms with Crippen molar-refractivity contribution in [2.45, 2.75) is 26.7 Å². The zero-order valence-electron chi connectivity index (χ0n) is 14.2. The molecule has 124 valence electrons. The molecule has 0 aromatic heterocycles. The zero-order valence-corrected chi connectivity index (χ0v) is 15.8. The Hall–Kier alpha value is -1.38. The van der Waals surface area contributed by atoms with Crippen molar-refractivity contribution in [3.05, 3.63) is 53.6 Å². The SMILES string of the molecule is CSc1ccc2c(c1)C(O)(C#CCN(C)C)Cc1ccccc1S2. The van der Waals surface area contributed by atoms with Gasteiger partial charge in [-0.25, -0.2) is 0 Å². The van der Waals surface area contributed by atoms with Crippen LogP contribution in [0.1, 0.15) is 11.1 Å². The summed E-state index contributed by atoms with van der Waals surface area (Å²) in [5, 5.41) is 11.5. The summed E-state index contributed by atoms with van der Waals surface area (Å²) in [6.07, 6.45) is 2.57. The molecule has 1 aliphatic rings. The quantitative estimate of drug-likeness (QED) is 0.653. The first kappa shape index (κ1) is 17.4. The first-order valence-corrected chi connectivity index (χ1v) is 9.87. The fourth-order valence-electron chi connectivity index (χ4n) is 2.74. The van der Waals surface area contributed by atoms with Gasteiger partial charge in [-0.2, -0.15) is 0 Å². The highest BCUT2D eigenvalue weighted by Crippen LogP contribution is 2.44. The zero-order chi connectivity index (χ0) is 17.2. The maximum atomic E-state index is 11.5. The molecule has 0 amide bonds. The van der Waals surface area contributed by atoms with Crippen molar-refractivity contribution in [3.63, 3.8) is 0 Å². The van der Waals surface area contributed by atoms with Gasteiger partial charge in [-0.15, -0.1) is 11.8 Å². The third-order valence-electron chi connectivity index (χ3n) is 3.96. The van der Waals surface area contributed by atoms with Crippen LogP contribution in [0, 0.1) is 11.8 Å². The molecule has 2 aromatic rings. The van der Waals surface area contributed by atoms with E-state index in [1.807, 2.05) is 31.1 Å². The van der Waals surface area contributed by atoms with Crippen LogP contribution >= 0.6 is 23.5 Å². The molecule has 2 nitrogen and oxygen atoms in total. The minimum Gasteiger partial charge on any atom is -0.373 e. The van der Waals surface area contributed by atoms with E-state index in [1.165, 1.54) is 4.90 Å². The topological polar surface area (TPSA) is 23.5 Å². The Kier molecular flexibility index (Phi) is 5.27. The first-order chi connectivity index (χ1) is 11.5. The second-order valence-corrected chi connectivity index (χ2v) is 8.11. The Bertz CT molecular complexity index is 807. The second kappa shape index (κ2) is 7.25. The highest BCUT2D eigenvalue weighted by Gasteiger charge is 2.34. The van der Waals surface area contributed by atoms with Crippen LogP contribution in [0.5, 0.6) is 0 Å². The van der Waals surface area contributed by atoms with Crippen LogP contribution in [0.4, 0.5) is 0 Å². The smallest absolute Gasteiger partial charge is 0.156 e. The summed E-state index contributed by atoms with van der Waals surface area (Å²) < 4.78 is 0. The van der Waals surface area contributed by atoms with Gasteiger partial charge >= 0.3 is 0 Å². The standard InChI is InChI=1S/C20H21NOS2/c1-21(2)12-6-11-20(22)14-15-7-4-5-8-18(15)24-19-10-9-16(23-3)13-17(19)20/h4-5,7-10,13,22H,12,14H2,1-3H3. The van der Waals surface area contributed by atoms with Crippen LogP contribution < -0.4 is 0 Å². The van der Waals surface area contributed by atoms with Gasteiger partial charge in [-0.05, 0) is 50.2 Å². The molecule has 1 atom stereocenters. The highest BCUT2D eigenvalue weighted by atomic mass is 32.2. The molecule has 0 saturated carbocycles. The van der Waals surface area contributed by atoms with Gasteiger partial charge in [0.05, 0.1) is 6.54 Å². The molecule has 24 heavy (non-hydrogen) atoms. The van der Waals surface area contributed by atoms with Crippen molar-refractivity contribution in [3.8, 4) is 11.8 Å². The molecule has 0 fully saturated rings. The predicted molar refractivity (Wildman–Crippen MR) is 103 cm³/mol. The summed E-state index contributed by atoms with van der Waals surface area (Å²) in [4.78, 5) is 5.43. The predicted octanol–water partition coefficient (Wildman–Crippen LogP) is 3.87. The van der Waals surface area contributed by atoms with Crippen molar-refractivity contribution in [2.75, 3.05) is 26.9 Å². The molecule has 1 aliphatic heterocycles. The number of fused-ring (bicyclic) bond motifs is 2. The summed E-state index contributed by atoms with van der Waals surface area (Å²) in [6.45, 7) is 0.634. The number of aliphatic hydroxyl groups is 1. The van der Waals surface area contributed by atoms with E-state index in [1.54, 1.807) is 23.5 Å². The minimum absolute atomic E-state index is 0.515. The van der Waals surface area contributed by atoms with E-state index in [0.717, 1.165) is 20.9 Å². The van der Waals surface area contributed by atoms with Gasteiger partial charge in [0.25, 0.3) is 0 Å². The van der Waals surface area contributed by atoms with Crippen molar-refractivity contribution in [2.24, 2.45) is 0 Å². The fourth-order valence-corrected chi connectivity index (χ4v) is 4.31. The lowest BCUT2D eigenvalue weighted by Crippen LogP contribution is -2.27.